The zero-order chi connectivity index (χ0) is 12.1. The van der Waals surface area contributed by atoms with Crippen LogP contribution in [0.1, 0.15) is 24.4 Å². The summed E-state index contributed by atoms with van der Waals surface area (Å²) < 4.78 is 5.13. The van der Waals surface area contributed by atoms with Crippen LogP contribution in [0.15, 0.2) is 36.7 Å². The number of hydrogen-bond acceptors (Lipinski definition) is 3. The normalized spacial score (nSPS) is 12.4. The molecule has 0 bridgehead atoms. The van der Waals surface area contributed by atoms with E-state index in [4.69, 9.17) is 4.74 Å². The van der Waals surface area contributed by atoms with Gasteiger partial charge in [0.1, 0.15) is 11.6 Å². The van der Waals surface area contributed by atoms with Crippen molar-refractivity contribution in [1.82, 2.24) is 15.3 Å². The molecular formula is C13H17N3O. The SMILES string of the molecule is COc1ccc(C(C)NCc2ncc[nH]2)cc1. The number of hydrogen-bond donors (Lipinski definition) is 2. The fourth-order valence-corrected chi connectivity index (χ4v) is 1.65. The number of aromatic amines is 1. The van der Waals surface area contributed by atoms with Crippen LogP contribution < -0.4 is 10.1 Å². The Morgan fingerprint density at radius 2 is 2.12 bits per heavy atom. The highest BCUT2D eigenvalue weighted by molar-refractivity contribution is 5.28. The maximum Gasteiger partial charge on any atom is 0.120 e. The van der Waals surface area contributed by atoms with E-state index in [1.807, 2.05) is 18.3 Å². The van der Waals surface area contributed by atoms with Crippen LogP contribution in [0, 0.1) is 0 Å². The summed E-state index contributed by atoms with van der Waals surface area (Å²) in [4.78, 5) is 7.24. The van der Waals surface area contributed by atoms with E-state index in [1.54, 1.807) is 13.3 Å². The number of H-pyrrole nitrogens is 1. The lowest BCUT2D eigenvalue weighted by Crippen LogP contribution is -2.18. The number of ether oxygens (including phenoxy) is 1. The van der Waals surface area contributed by atoms with Crippen LogP contribution in [0.3, 0.4) is 0 Å². The molecule has 90 valence electrons. The third-order valence-corrected chi connectivity index (χ3v) is 2.75. The topological polar surface area (TPSA) is 49.9 Å². The maximum atomic E-state index is 5.13. The van der Waals surface area contributed by atoms with E-state index in [0.29, 0.717) is 0 Å². The van der Waals surface area contributed by atoms with Crippen LogP contribution in [-0.4, -0.2) is 17.1 Å². The number of nitrogens with zero attached hydrogens (tertiary/aromatic N) is 1. The molecule has 0 amide bonds. The Morgan fingerprint density at radius 3 is 2.71 bits per heavy atom. The van der Waals surface area contributed by atoms with Crippen LogP contribution in [0.2, 0.25) is 0 Å². The standard InChI is InChI=1S/C13H17N3O/c1-10(16-9-13-14-7-8-15-13)11-3-5-12(17-2)6-4-11/h3-8,10,16H,9H2,1-2H3,(H,14,15). The Kier molecular flexibility index (Phi) is 3.77. The Labute approximate surface area is 101 Å². The molecule has 0 fully saturated rings. The minimum atomic E-state index is 0.283. The quantitative estimate of drug-likeness (QED) is 0.830. The second-order valence-corrected chi connectivity index (χ2v) is 3.91. The molecule has 1 heterocycles. The average molecular weight is 231 g/mol. The van der Waals surface area contributed by atoms with Gasteiger partial charge in [-0.15, -0.1) is 0 Å². The van der Waals surface area contributed by atoms with Gasteiger partial charge in [0.2, 0.25) is 0 Å². The third kappa shape index (κ3) is 3.07. The largest absolute Gasteiger partial charge is 0.497 e. The number of nitrogens with one attached hydrogen (secondary N) is 2. The van der Waals surface area contributed by atoms with E-state index in [0.717, 1.165) is 18.1 Å². The molecular weight excluding hydrogens is 214 g/mol. The van der Waals surface area contributed by atoms with Crippen molar-refractivity contribution >= 4 is 0 Å². The zero-order valence-corrected chi connectivity index (χ0v) is 10.1. The molecule has 2 aromatic rings. The highest BCUT2D eigenvalue weighted by atomic mass is 16.5. The first-order chi connectivity index (χ1) is 8.29. The lowest BCUT2D eigenvalue weighted by molar-refractivity contribution is 0.414. The summed E-state index contributed by atoms with van der Waals surface area (Å²) in [5, 5.41) is 3.40. The first-order valence-electron chi connectivity index (χ1n) is 5.65. The van der Waals surface area contributed by atoms with E-state index in [1.165, 1.54) is 5.56 Å². The van der Waals surface area contributed by atoms with Gasteiger partial charge < -0.3 is 15.0 Å². The van der Waals surface area contributed by atoms with Gasteiger partial charge in [-0.05, 0) is 24.6 Å². The molecule has 0 spiro atoms. The Balaban J connectivity index is 1.92. The Morgan fingerprint density at radius 1 is 1.35 bits per heavy atom. The predicted molar refractivity (Wildman–Crippen MR) is 66.8 cm³/mol. The lowest BCUT2D eigenvalue weighted by atomic mass is 10.1. The molecule has 0 aliphatic rings. The number of rotatable bonds is 5. The van der Waals surface area contributed by atoms with Crippen molar-refractivity contribution in [2.75, 3.05) is 7.11 Å². The van der Waals surface area contributed by atoms with E-state index in [2.05, 4.69) is 34.3 Å². The van der Waals surface area contributed by atoms with Crippen LogP contribution in [0.25, 0.3) is 0 Å². The summed E-state index contributed by atoms with van der Waals surface area (Å²) in [6.07, 6.45) is 3.59. The van der Waals surface area contributed by atoms with E-state index < -0.39 is 0 Å². The first kappa shape index (κ1) is 11.7. The van der Waals surface area contributed by atoms with Gasteiger partial charge in [-0.1, -0.05) is 12.1 Å². The smallest absolute Gasteiger partial charge is 0.120 e. The van der Waals surface area contributed by atoms with Crippen LogP contribution in [0.5, 0.6) is 5.75 Å². The van der Waals surface area contributed by atoms with Crippen molar-refractivity contribution in [1.29, 1.82) is 0 Å². The van der Waals surface area contributed by atoms with Gasteiger partial charge in [0, 0.05) is 18.4 Å². The third-order valence-electron chi connectivity index (χ3n) is 2.75. The first-order valence-corrected chi connectivity index (χ1v) is 5.65. The molecule has 17 heavy (non-hydrogen) atoms. The van der Waals surface area contributed by atoms with Gasteiger partial charge in [-0.25, -0.2) is 4.98 Å². The van der Waals surface area contributed by atoms with Crippen LogP contribution in [0.4, 0.5) is 0 Å². The van der Waals surface area contributed by atoms with Crippen LogP contribution >= 0.6 is 0 Å². The summed E-state index contributed by atoms with van der Waals surface area (Å²) in [5.41, 5.74) is 1.23. The molecule has 0 aliphatic heterocycles. The number of benzene rings is 1. The molecule has 2 N–H and O–H groups in total. The molecule has 4 nitrogen and oxygen atoms in total. The fourth-order valence-electron chi connectivity index (χ4n) is 1.65. The van der Waals surface area contributed by atoms with Crippen molar-refractivity contribution in [3.63, 3.8) is 0 Å². The van der Waals surface area contributed by atoms with Gasteiger partial charge in [0.05, 0.1) is 13.7 Å². The molecule has 0 saturated carbocycles. The van der Waals surface area contributed by atoms with Crippen molar-refractivity contribution < 1.29 is 4.74 Å². The molecule has 0 saturated heterocycles. The van der Waals surface area contributed by atoms with Gasteiger partial charge >= 0.3 is 0 Å². The predicted octanol–water partition coefficient (Wildman–Crippen LogP) is 2.27. The second kappa shape index (κ2) is 5.50. The highest BCUT2D eigenvalue weighted by Crippen LogP contribution is 2.17. The maximum absolute atomic E-state index is 5.13. The molecule has 4 heteroatoms. The highest BCUT2D eigenvalue weighted by Gasteiger charge is 2.05. The van der Waals surface area contributed by atoms with E-state index in [9.17, 15) is 0 Å². The molecule has 0 radical (unpaired) electrons. The van der Waals surface area contributed by atoms with Gasteiger partial charge in [0.15, 0.2) is 0 Å². The minimum Gasteiger partial charge on any atom is -0.497 e. The Hall–Kier alpha value is -1.81. The summed E-state index contributed by atoms with van der Waals surface area (Å²) in [6.45, 7) is 2.87. The average Bonchev–Trinajstić information content (AvgIpc) is 2.89. The van der Waals surface area contributed by atoms with Crippen LogP contribution in [-0.2, 0) is 6.54 Å². The van der Waals surface area contributed by atoms with E-state index >= 15 is 0 Å². The zero-order valence-electron chi connectivity index (χ0n) is 10.1. The number of aromatic nitrogens is 2. The second-order valence-electron chi connectivity index (χ2n) is 3.91. The monoisotopic (exact) mass is 231 g/mol. The van der Waals surface area contributed by atoms with Crippen molar-refractivity contribution in [3.8, 4) is 5.75 Å². The van der Waals surface area contributed by atoms with Crippen molar-refractivity contribution in [3.05, 3.63) is 48.0 Å². The summed E-state index contributed by atoms with van der Waals surface area (Å²) in [7, 11) is 1.67. The van der Waals surface area contributed by atoms with E-state index in [-0.39, 0.29) is 6.04 Å². The van der Waals surface area contributed by atoms with Crippen molar-refractivity contribution in [2.45, 2.75) is 19.5 Å². The number of methoxy groups -OCH3 is 1. The molecule has 1 atom stereocenters. The van der Waals surface area contributed by atoms with Crippen molar-refractivity contribution in [2.24, 2.45) is 0 Å². The summed E-state index contributed by atoms with van der Waals surface area (Å²) in [6, 6.07) is 8.36. The fraction of sp³-hybridized carbons (Fsp3) is 0.308. The molecule has 1 aromatic carbocycles. The van der Waals surface area contributed by atoms with Gasteiger partial charge in [0.25, 0.3) is 0 Å². The lowest BCUT2D eigenvalue weighted by Gasteiger charge is -2.13. The number of imidazole rings is 1. The van der Waals surface area contributed by atoms with Gasteiger partial charge in [-0.2, -0.15) is 0 Å². The molecule has 1 aromatic heterocycles. The minimum absolute atomic E-state index is 0.283. The molecule has 0 aliphatic carbocycles. The Bertz CT molecular complexity index is 436. The summed E-state index contributed by atoms with van der Waals surface area (Å²) >= 11 is 0. The summed E-state index contributed by atoms with van der Waals surface area (Å²) in [5.74, 6) is 1.83. The molecule has 1 unspecified atom stereocenters. The molecule has 2 rings (SSSR count). The van der Waals surface area contributed by atoms with Gasteiger partial charge in [-0.3, -0.25) is 0 Å².